The minimum atomic E-state index is -3.27. The van der Waals surface area contributed by atoms with Gasteiger partial charge in [0.05, 0.1) is 0 Å². The Morgan fingerprint density at radius 3 is 0.969 bits per heavy atom. The zero-order valence-electron chi connectivity index (χ0n) is 17.5. The van der Waals surface area contributed by atoms with E-state index in [1.807, 2.05) is 0 Å². The normalized spacial score (nSPS) is 11.9. The molecule has 6 aromatic rings. The summed E-state index contributed by atoms with van der Waals surface area (Å²) in [5, 5.41) is 7.90. The Bertz CT molecular complexity index is 1390. The molecule has 0 aliphatic rings. The van der Waals surface area contributed by atoms with Gasteiger partial charge >= 0.3 is 198 Å². The van der Waals surface area contributed by atoms with Gasteiger partial charge in [0.1, 0.15) is 0 Å². The molecule has 6 aromatic carbocycles. The van der Waals surface area contributed by atoms with Gasteiger partial charge in [-0.15, -0.1) is 0 Å². The van der Waals surface area contributed by atoms with Crippen LogP contribution >= 0.6 is 14.0 Å². The van der Waals surface area contributed by atoms with Crippen LogP contribution < -0.4 is 13.2 Å². The van der Waals surface area contributed by atoms with Crippen molar-refractivity contribution in [3.8, 4) is 0 Å². The summed E-state index contributed by atoms with van der Waals surface area (Å²) >= 11 is 1.29. The zero-order chi connectivity index (χ0) is 21.5. The van der Waals surface area contributed by atoms with Crippen LogP contribution in [0.2, 0.25) is 0 Å². The van der Waals surface area contributed by atoms with Gasteiger partial charge in [-0.1, -0.05) is 0 Å². The molecule has 32 heavy (non-hydrogen) atoms. The van der Waals surface area contributed by atoms with E-state index in [1.54, 1.807) is 0 Å². The van der Waals surface area contributed by atoms with E-state index in [-0.39, 0.29) is 0 Å². The fourth-order valence-corrected chi connectivity index (χ4v) is 18.0. The van der Waals surface area contributed by atoms with Crippen LogP contribution in [0, 0.1) is 0 Å². The van der Waals surface area contributed by atoms with Gasteiger partial charge < -0.3 is 0 Å². The molecule has 0 saturated heterocycles. The van der Waals surface area contributed by atoms with Crippen LogP contribution in [0.4, 0.5) is 0 Å². The summed E-state index contributed by atoms with van der Waals surface area (Å²) in [4.78, 5) is 0. The Morgan fingerprint density at radius 1 is 0.344 bits per heavy atom. The molecule has 0 nitrogen and oxygen atoms in total. The van der Waals surface area contributed by atoms with Crippen molar-refractivity contribution >= 4 is 70.9 Å². The van der Waals surface area contributed by atoms with Crippen LogP contribution in [0.5, 0.6) is 0 Å². The standard InChI is InChI=1S/C30H21BrGe/c31-32(28-19-7-13-22-10-1-4-16-25(22)28,29-20-8-14-23-11-2-5-17-26(23)29)30-21-9-15-24-12-3-6-18-27(24)30/h1-21H. The maximum atomic E-state index is 4.56. The van der Waals surface area contributed by atoms with E-state index >= 15 is 0 Å². The van der Waals surface area contributed by atoms with Gasteiger partial charge in [0.15, 0.2) is 0 Å². The Labute approximate surface area is 197 Å². The summed E-state index contributed by atoms with van der Waals surface area (Å²) in [6.07, 6.45) is 0. The summed E-state index contributed by atoms with van der Waals surface area (Å²) in [6, 6.07) is 46.7. The first-order valence-corrected chi connectivity index (χ1v) is 19.0. The Morgan fingerprint density at radius 2 is 0.625 bits per heavy atom. The van der Waals surface area contributed by atoms with Crippen molar-refractivity contribution in [1.82, 2.24) is 0 Å². The quantitative estimate of drug-likeness (QED) is 0.228. The summed E-state index contributed by atoms with van der Waals surface area (Å²) in [6.45, 7) is 0. The number of benzene rings is 6. The number of rotatable bonds is 3. The van der Waals surface area contributed by atoms with E-state index in [9.17, 15) is 0 Å². The number of fused-ring (bicyclic) bond motifs is 3. The van der Waals surface area contributed by atoms with Crippen molar-refractivity contribution in [2.24, 2.45) is 0 Å². The SMILES string of the molecule is [Br][Ge]([c]1cccc2ccccc12)([c]1cccc2ccccc12)[c]1cccc2ccccc12. The van der Waals surface area contributed by atoms with Crippen LogP contribution in [0.25, 0.3) is 32.3 Å². The third kappa shape index (κ3) is 3.03. The molecule has 0 saturated carbocycles. The van der Waals surface area contributed by atoms with Crippen molar-refractivity contribution in [1.29, 1.82) is 0 Å². The average Bonchev–Trinajstić information content (AvgIpc) is 2.87. The first-order valence-electron chi connectivity index (χ1n) is 10.9. The summed E-state index contributed by atoms with van der Waals surface area (Å²) in [5.41, 5.74) is 0. The summed E-state index contributed by atoms with van der Waals surface area (Å²) in [7, 11) is 0. The Balaban J connectivity index is 1.81. The van der Waals surface area contributed by atoms with Gasteiger partial charge in [-0.2, -0.15) is 0 Å². The molecule has 0 N–H and O–H groups in total. The van der Waals surface area contributed by atoms with Gasteiger partial charge in [0, 0.05) is 0 Å². The average molecular weight is 534 g/mol. The van der Waals surface area contributed by atoms with Gasteiger partial charge in [0.25, 0.3) is 0 Å². The fourth-order valence-electron chi connectivity index (χ4n) is 5.01. The van der Waals surface area contributed by atoms with Crippen molar-refractivity contribution in [2.75, 3.05) is 0 Å². The van der Waals surface area contributed by atoms with Gasteiger partial charge in [0.2, 0.25) is 0 Å². The molecule has 0 aromatic heterocycles. The second-order valence-electron chi connectivity index (χ2n) is 8.24. The van der Waals surface area contributed by atoms with E-state index in [0.717, 1.165) is 0 Å². The van der Waals surface area contributed by atoms with Gasteiger partial charge in [-0.25, -0.2) is 0 Å². The van der Waals surface area contributed by atoms with Crippen molar-refractivity contribution < 1.29 is 0 Å². The molecule has 0 spiro atoms. The van der Waals surface area contributed by atoms with Gasteiger partial charge in [-0.05, 0) is 0 Å². The molecule has 152 valence electrons. The maximum absolute atomic E-state index is 4.56. The number of halogens is 1. The first-order chi connectivity index (χ1) is 15.8. The molecule has 0 unspecified atom stereocenters. The molecule has 0 radical (unpaired) electrons. The molecule has 0 fully saturated rings. The molecule has 0 amide bonds. The predicted octanol–water partition coefficient (Wildman–Crippen LogP) is 6.51. The molecule has 0 bridgehead atoms. The van der Waals surface area contributed by atoms with Crippen LogP contribution in [0.15, 0.2) is 127 Å². The van der Waals surface area contributed by atoms with Crippen molar-refractivity contribution in [3.05, 3.63) is 127 Å². The monoisotopic (exact) mass is 534 g/mol. The molecule has 6 rings (SSSR count). The Kier molecular flexibility index (Phi) is 4.89. The molecular formula is C30H21BrGe. The van der Waals surface area contributed by atoms with Crippen LogP contribution in [0.1, 0.15) is 0 Å². The molecule has 2 heteroatoms. The zero-order valence-corrected chi connectivity index (χ0v) is 21.2. The van der Waals surface area contributed by atoms with E-state index in [4.69, 9.17) is 0 Å². The van der Waals surface area contributed by atoms with Crippen molar-refractivity contribution in [3.63, 3.8) is 0 Å². The first kappa shape index (κ1) is 19.8. The number of hydrogen-bond donors (Lipinski definition) is 0. The van der Waals surface area contributed by atoms with E-state index < -0.39 is 11.4 Å². The van der Waals surface area contributed by atoms with Crippen LogP contribution in [-0.2, 0) is 0 Å². The molecular weight excluding hydrogens is 513 g/mol. The molecule has 0 aliphatic heterocycles. The van der Waals surface area contributed by atoms with Crippen molar-refractivity contribution in [2.45, 2.75) is 0 Å². The topological polar surface area (TPSA) is 0 Å². The van der Waals surface area contributed by atoms with Crippen LogP contribution in [-0.4, -0.2) is 11.4 Å². The fraction of sp³-hybridized carbons (Fsp3) is 0. The predicted molar refractivity (Wildman–Crippen MR) is 145 cm³/mol. The molecule has 0 aliphatic carbocycles. The molecule has 0 atom stereocenters. The van der Waals surface area contributed by atoms with Gasteiger partial charge in [-0.3, -0.25) is 0 Å². The summed E-state index contributed by atoms with van der Waals surface area (Å²) in [5.74, 6) is 0. The molecule has 0 heterocycles. The third-order valence-corrected chi connectivity index (χ3v) is 20.6. The van der Waals surface area contributed by atoms with Crippen LogP contribution in [0.3, 0.4) is 0 Å². The third-order valence-electron chi connectivity index (χ3n) is 6.48. The summed E-state index contributed by atoms with van der Waals surface area (Å²) < 4.78 is 4.32. The van der Waals surface area contributed by atoms with E-state index in [2.05, 4.69) is 141 Å². The Hall–Kier alpha value is -2.88. The second-order valence-corrected chi connectivity index (χ2v) is 20.6. The second kappa shape index (κ2) is 7.92. The van der Waals surface area contributed by atoms with E-state index in [1.165, 1.54) is 45.5 Å². The minimum absolute atomic E-state index is 1.29. The van der Waals surface area contributed by atoms with E-state index in [0.29, 0.717) is 0 Å². The number of hydrogen-bond acceptors (Lipinski definition) is 0.